The SMILES string of the molecule is O=C(O)/C=C1\CCCc2cc(F)ccc2C1O. The van der Waals surface area contributed by atoms with Crippen LogP contribution in [0.4, 0.5) is 4.39 Å². The molecule has 0 bridgehead atoms. The first-order chi connectivity index (χ1) is 8.08. The van der Waals surface area contributed by atoms with Crippen LogP contribution in [-0.2, 0) is 11.2 Å². The lowest BCUT2D eigenvalue weighted by Gasteiger charge is -2.14. The highest BCUT2D eigenvalue weighted by Crippen LogP contribution is 2.32. The zero-order valence-electron chi connectivity index (χ0n) is 9.19. The van der Waals surface area contributed by atoms with Crippen molar-refractivity contribution in [1.29, 1.82) is 0 Å². The standard InChI is InChI=1S/C13H13FO3/c14-10-4-5-11-8(6-10)2-1-3-9(13(11)17)7-12(15)16/h4-7,13,17H,1-3H2,(H,15,16)/b9-7+. The summed E-state index contributed by atoms with van der Waals surface area (Å²) in [5.41, 5.74) is 1.84. The smallest absolute Gasteiger partial charge is 0.328 e. The molecule has 0 aromatic heterocycles. The van der Waals surface area contributed by atoms with Crippen molar-refractivity contribution in [3.05, 3.63) is 46.8 Å². The van der Waals surface area contributed by atoms with Gasteiger partial charge in [0.25, 0.3) is 0 Å². The van der Waals surface area contributed by atoms with Gasteiger partial charge >= 0.3 is 5.97 Å². The van der Waals surface area contributed by atoms with Crippen molar-refractivity contribution < 1.29 is 19.4 Å². The maximum Gasteiger partial charge on any atom is 0.328 e. The summed E-state index contributed by atoms with van der Waals surface area (Å²) in [5, 5.41) is 18.8. The summed E-state index contributed by atoms with van der Waals surface area (Å²) >= 11 is 0. The second-order valence-electron chi connectivity index (χ2n) is 4.16. The van der Waals surface area contributed by atoms with E-state index in [-0.39, 0.29) is 5.82 Å². The number of aliphatic hydroxyl groups is 1. The first-order valence-electron chi connectivity index (χ1n) is 5.47. The average Bonchev–Trinajstić information content (AvgIpc) is 2.39. The summed E-state index contributed by atoms with van der Waals surface area (Å²) in [7, 11) is 0. The number of hydrogen-bond donors (Lipinski definition) is 2. The lowest BCUT2D eigenvalue weighted by Crippen LogP contribution is -2.04. The molecule has 0 aliphatic heterocycles. The number of carboxylic acid groups (broad SMARTS) is 1. The Hall–Kier alpha value is -1.68. The van der Waals surface area contributed by atoms with Gasteiger partial charge in [-0.25, -0.2) is 9.18 Å². The van der Waals surface area contributed by atoms with Gasteiger partial charge in [0.2, 0.25) is 0 Å². The molecule has 1 unspecified atom stereocenters. The Morgan fingerprint density at radius 2 is 2.18 bits per heavy atom. The molecule has 0 amide bonds. The van der Waals surface area contributed by atoms with Gasteiger partial charge in [-0.2, -0.15) is 0 Å². The number of carboxylic acids is 1. The Labute approximate surface area is 98.2 Å². The molecule has 1 aromatic carbocycles. The number of benzene rings is 1. The van der Waals surface area contributed by atoms with Crippen LogP contribution < -0.4 is 0 Å². The van der Waals surface area contributed by atoms with E-state index < -0.39 is 12.1 Å². The first kappa shape index (κ1) is 11.8. The minimum Gasteiger partial charge on any atom is -0.478 e. The molecule has 1 aliphatic carbocycles. The number of halogens is 1. The Kier molecular flexibility index (Phi) is 3.24. The van der Waals surface area contributed by atoms with Crippen molar-refractivity contribution in [2.45, 2.75) is 25.4 Å². The number of hydrogen-bond acceptors (Lipinski definition) is 2. The number of aryl methyl sites for hydroxylation is 1. The fourth-order valence-electron chi connectivity index (χ4n) is 2.19. The van der Waals surface area contributed by atoms with Crippen LogP contribution in [0.5, 0.6) is 0 Å². The number of aliphatic carboxylic acids is 1. The third-order valence-corrected chi connectivity index (χ3v) is 2.97. The van der Waals surface area contributed by atoms with E-state index in [1.807, 2.05) is 0 Å². The Morgan fingerprint density at radius 3 is 2.88 bits per heavy atom. The van der Waals surface area contributed by atoms with Gasteiger partial charge in [0.05, 0.1) is 0 Å². The van der Waals surface area contributed by atoms with Gasteiger partial charge in [0.15, 0.2) is 0 Å². The van der Waals surface area contributed by atoms with E-state index in [0.717, 1.165) is 11.6 Å². The lowest BCUT2D eigenvalue weighted by molar-refractivity contribution is -0.131. The summed E-state index contributed by atoms with van der Waals surface area (Å²) in [5.74, 6) is -1.40. The van der Waals surface area contributed by atoms with Crippen LogP contribution in [-0.4, -0.2) is 16.2 Å². The van der Waals surface area contributed by atoms with Crippen molar-refractivity contribution in [1.82, 2.24) is 0 Å². The van der Waals surface area contributed by atoms with Gasteiger partial charge in [-0.1, -0.05) is 6.07 Å². The summed E-state index contributed by atoms with van der Waals surface area (Å²) in [6, 6.07) is 4.21. The number of carbonyl (C=O) groups is 1. The summed E-state index contributed by atoms with van der Waals surface area (Å²) in [6.45, 7) is 0. The van der Waals surface area contributed by atoms with E-state index >= 15 is 0 Å². The van der Waals surface area contributed by atoms with Crippen molar-refractivity contribution >= 4 is 5.97 Å². The van der Waals surface area contributed by atoms with Gasteiger partial charge in [0, 0.05) is 6.08 Å². The molecular weight excluding hydrogens is 223 g/mol. The van der Waals surface area contributed by atoms with E-state index in [0.29, 0.717) is 30.4 Å². The monoisotopic (exact) mass is 236 g/mol. The molecular formula is C13H13FO3. The fraction of sp³-hybridized carbons (Fsp3) is 0.308. The molecule has 0 saturated carbocycles. The number of aliphatic hydroxyl groups excluding tert-OH is 1. The molecule has 0 spiro atoms. The highest BCUT2D eigenvalue weighted by Gasteiger charge is 2.21. The predicted molar refractivity (Wildman–Crippen MR) is 60.0 cm³/mol. The summed E-state index contributed by atoms with van der Waals surface area (Å²) in [6.07, 6.45) is 1.99. The van der Waals surface area contributed by atoms with Crippen LogP contribution in [0.15, 0.2) is 29.8 Å². The molecule has 0 heterocycles. The number of rotatable bonds is 1. The van der Waals surface area contributed by atoms with Crippen molar-refractivity contribution in [2.24, 2.45) is 0 Å². The van der Waals surface area contributed by atoms with Gasteiger partial charge in [-0.15, -0.1) is 0 Å². The largest absolute Gasteiger partial charge is 0.478 e. The molecule has 3 nitrogen and oxygen atoms in total. The Bertz CT molecular complexity index is 480. The fourth-order valence-corrected chi connectivity index (χ4v) is 2.19. The molecule has 1 aromatic rings. The zero-order chi connectivity index (χ0) is 12.4. The van der Waals surface area contributed by atoms with Crippen molar-refractivity contribution in [3.8, 4) is 0 Å². The predicted octanol–water partition coefficient (Wildman–Crippen LogP) is 2.21. The molecule has 0 fully saturated rings. The molecule has 0 radical (unpaired) electrons. The highest BCUT2D eigenvalue weighted by atomic mass is 19.1. The normalized spacial score (nSPS) is 22.0. The van der Waals surface area contributed by atoms with Crippen LogP contribution in [0.2, 0.25) is 0 Å². The topological polar surface area (TPSA) is 57.5 Å². The van der Waals surface area contributed by atoms with E-state index in [1.54, 1.807) is 0 Å². The van der Waals surface area contributed by atoms with Crippen molar-refractivity contribution in [3.63, 3.8) is 0 Å². The van der Waals surface area contributed by atoms with Gasteiger partial charge in [-0.3, -0.25) is 0 Å². The second kappa shape index (κ2) is 4.67. The van der Waals surface area contributed by atoms with Crippen molar-refractivity contribution in [2.75, 3.05) is 0 Å². The Balaban J connectivity index is 2.43. The highest BCUT2D eigenvalue weighted by molar-refractivity contribution is 5.81. The van der Waals surface area contributed by atoms with E-state index in [9.17, 15) is 14.3 Å². The quantitative estimate of drug-likeness (QED) is 0.580. The average molecular weight is 236 g/mol. The summed E-state index contributed by atoms with van der Waals surface area (Å²) < 4.78 is 13.1. The molecule has 2 N–H and O–H groups in total. The maximum atomic E-state index is 13.1. The van der Waals surface area contributed by atoms with E-state index in [1.165, 1.54) is 18.2 Å². The van der Waals surface area contributed by atoms with Crippen LogP contribution >= 0.6 is 0 Å². The van der Waals surface area contributed by atoms with Crippen LogP contribution in [0.25, 0.3) is 0 Å². The van der Waals surface area contributed by atoms with Gasteiger partial charge in [0.1, 0.15) is 11.9 Å². The molecule has 1 atom stereocenters. The van der Waals surface area contributed by atoms with Crippen LogP contribution in [0.1, 0.15) is 30.1 Å². The number of fused-ring (bicyclic) bond motifs is 1. The molecule has 4 heteroatoms. The lowest BCUT2D eigenvalue weighted by atomic mass is 9.98. The summed E-state index contributed by atoms with van der Waals surface area (Å²) in [4.78, 5) is 10.6. The zero-order valence-corrected chi connectivity index (χ0v) is 9.19. The molecule has 1 aliphatic rings. The first-order valence-corrected chi connectivity index (χ1v) is 5.47. The molecule has 90 valence electrons. The van der Waals surface area contributed by atoms with Gasteiger partial charge in [-0.05, 0) is 48.1 Å². The van der Waals surface area contributed by atoms with E-state index in [2.05, 4.69) is 0 Å². The third-order valence-electron chi connectivity index (χ3n) is 2.97. The minimum absolute atomic E-state index is 0.332. The van der Waals surface area contributed by atoms with Crippen LogP contribution in [0, 0.1) is 5.82 Å². The molecule has 0 saturated heterocycles. The second-order valence-corrected chi connectivity index (χ2v) is 4.16. The van der Waals surface area contributed by atoms with Crippen LogP contribution in [0.3, 0.4) is 0 Å². The third kappa shape index (κ3) is 2.53. The molecule has 2 rings (SSSR count). The maximum absolute atomic E-state index is 13.1. The Morgan fingerprint density at radius 1 is 1.41 bits per heavy atom. The van der Waals surface area contributed by atoms with E-state index in [4.69, 9.17) is 5.11 Å². The van der Waals surface area contributed by atoms with Gasteiger partial charge < -0.3 is 10.2 Å². The minimum atomic E-state index is -1.07. The molecule has 17 heavy (non-hydrogen) atoms.